The highest BCUT2D eigenvalue weighted by atomic mass is 16.3. The van der Waals surface area contributed by atoms with Gasteiger partial charge in [0.15, 0.2) is 5.58 Å². The molecular weight excluding hydrogens is 639 g/mol. The Bertz CT molecular complexity index is 3130. The molecule has 11 aromatic rings. The molecule has 5 nitrogen and oxygen atoms in total. The van der Waals surface area contributed by atoms with Gasteiger partial charge >= 0.3 is 0 Å². The molecule has 0 amide bonds. The van der Waals surface area contributed by atoms with Gasteiger partial charge in [-0.1, -0.05) is 91.0 Å². The summed E-state index contributed by atoms with van der Waals surface area (Å²) in [6, 6.07) is 61.6. The molecular formula is C47H29N3O2. The van der Waals surface area contributed by atoms with E-state index < -0.39 is 0 Å². The molecule has 0 spiro atoms. The summed E-state index contributed by atoms with van der Waals surface area (Å²) in [6.45, 7) is 0. The number of rotatable bonds is 5. The average Bonchev–Trinajstić information content (AvgIpc) is 3.91. The first-order valence-corrected chi connectivity index (χ1v) is 17.5. The molecule has 0 aliphatic carbocycles. The normalized spacial score (nSPS) is 11.8. The minimum absolute atomic E-state index is 0.601. The molecule has 0 N–H and O–H groups in total. The van der Waals surface area contributed by atoms with Crippen molar-refractivity contribution in [1.29, 1.82) is 0 Å². The first-order valence-electron chi connectivity index (χ1n) is 17.5. The highest BCUT2D eigenvalue weighted by Gasteiger charge is 2.20. The van der Waals surface area contributed by atoms with Crippen molar-refractivity contribution in [3.63, 3.8) is 0 Å². The van der Waals surface area contributed by atoms with Crippen LogP contribution in [-0.4, -0.2) is 9.55 Å². The molecule has 11 rings (SSSR count). The molecule has 0 radical (unpaired) electrons. The molecule has 0 bridgehead atoms. The molecule has 3 heterocycles. The van der Waals surface area contributed by atoms with Crippen LogP contribution in [-0.2, 0) is 0 Å². The molecule has 52 heavy (non-hydrogen) atoms. The van der Waals surface area contributed by atoms with Crippen LogP contribution in [0, 0.1) is 0 Å². The van der Waals surface area contributed by atoms with Crippen molar-refractivity contribution in [3.8, 4) is 17.1 Å². The van der Waals surface area contributed by atoms with Crippen LogP contribution >= 0.6 is 0 Å². The molecule has 0 atom stereocenters. The van der Waals surface area contributed by atoms with Crippen molar-refractivity contribution in [1.82, 2.24) is 9.55 Å². The molecule has 0 saturated carbocycles. The van der Waals surface area contributed by atoms with E-state index in [0.717, 1.165) is 77.6 Å². The van der Waals surface area contributed by atoms with E-state index in [0.29, 0.717) is 5.89 Å². The maximum atomic E-state index is 6.41. The van der Waals surface area contributed by atoms with Gasteiger partial charge in [0.05, 0.1) is 11.0 Å². The lowest BCUT2D eigenvalue weighted by molar-refractivity contribution is 0.623. The number of aromatic nitrogens is 2. The van der Waals surface area contributed by atoms with Gasteiger partial charge in [-0.25, -0.2) is 4.98 Å². The van der Waals surface area contributed by atoms with Crippen LogP contribution in [0.2, 0.25) is 0 Å². The van der Waals surface area contributed by atoms with Crippen molar-refractivity contribution in [3.05, 3.63) is 176 Å². The second kappa shape index (κ2) is 11.2. The Hall–Kier alpha value is -7.11. The topological polar surface area (TPSA) is 47.3 Å². The molecule has 0 aliphatic rings. The van der Waals surface area contributed by atoms with Crippen LogP contribution in [0.25, 0.3) is 82.8 Å². The number of oxazole rings is 1. The molecule has 3 aromatic heterocycles. The lowest BCUT2D eigenvalue weighted by Gasteiger charge is -2.26. The number of hydrogen-bond acceptors (Lipinski definition) is 4. The lowest BCUT2D eigenvalue weighted by Crippen LogP contribution is -2.10. The van der Waals surface area contributed by atoms with E-state index in [4.69, 9.17) is 13.8 Å². The first-order chi connectivity index (χ1) is 25.8. The van der Waals surface area contributed by atoms with Gasteiger partial charge in [-0.3, -0.25) is 0 Å². The van der Waals surface area contributed by atoms with E-state index >= 15 is 0 Å². The second-order valence-electron chi connectivity index (χ2n) is 13.2. The summed E-state index contributed by atoms with van der Waals surface area (Å²) >= 11 is 0. The number of benzene rings is 8. The van der Waals surface area contributed by atoms with E-state index in [-0.39, 0.29) is 0 Å². The zero-order valence-corrected chi connectivity index (χ0v) is 27.9. The van der Waals surface area contributed by atoms with Gasteiger partial charge in [0, 0.05) is 55.2 Å². The van der Waals surface area contributed by atoms with Crippen molar-refractivity contribution in [2.45, 2.75) is 0 Å². The third-order valence-electron chi connectivity index (χ3n) is 10.2. The zero-order chi connectivity index (χ0) is 34.2. The quantitative estimate of drug-likeness (QED) is 0.183. The number of fused-ring (bicyclic) bond motifs is 9. The van der Waals surface area contributed by atoms with E-state index in [9.17, 15) is 0 Å². The van der Waals surface area contributed by atoms with Gasteiger partial charge in [-0.05, 0) is 90.3 Å². The highest BCUT2D eigenvalue weighted by Crippen LogP contribution is 2.42. The predicted molar refractivity (Wildman–Crippen MR) is 213 cm³/mol. The molecule has 0 aliphatic heterocycles. The third kappa shape index (κ3) is 4.39. The maximum Gasteiger partial charge on any atom is 0.227 e. The van der Waals surface area contributed by atoms with Crippen LogP contribution in [0.1, 0.15) is 0 Å². The summed E-state index contributed by atoms with van der Waals surface area (Å²) in [7, 11) is 0. The van der Waals surface area contributed by atoms with Crippen molar-refractivity contribution in [2.24, 2.45) is 0 Å². The molecule has 0 fully saturated rings. The number of hydrogen-bond donors (Lipinski definition) is 0. The Balaban J connectivity index is 1.10. The van der Waals surface area contributed by atoms with Crippen LogP contribution in [0.3, 0.4) is 0 Å². The Kier molecular flexibility index (Phi) is 6.18. The van der Waals surface area contributed by atoms with Crippen molar-refractivity contribution < 1.29 is 8.83 Å². The molecule has 8 aromatic carbocycles. The molecule has 0 unspecified atom stereocenters. The van der Waals surface area contributed by atoms with E-state index in [1.54, 1.807) is 0 Å². The Labute approximate surface area is 298 Å². The second-order valence-corrected chi connectivity index (χ2v) is 13.2. The monoisotopic (exact) mass is 667 g/mol. The van der Waals surface area contributed by atoms with Crippen LogP contribution in [0.5, 0.6) is 0 Å². The molecule has 244 valence electrons. The van der Waals surface area contributed by atoms with Gasteiger partial charge in [0.25, 0.3) is 0 Å². The summed E-state index contributed by atoms with van der Waals surface area (Å²) in [6.07, 6.45) is 0. The standard InChI is InChI=1S/C47H29N3O2/c1-2-11-32(12-3-1)50-42-16-8-6-14-37(42)38-25-23-35(29-43(38)50)49(34-24-27-45-40(28-34)39-15-7-9-17-44(39)51-45)33-21-18-31(19-22-33)47-48-41-26-20-30-10-4-5-13-36(30)46(41)52-47/h1-29H. The highest BCUT2D eigenvalue weighted by molar-refractivity contribution is 6.11. The smallest absolute Gasteiger partial charge is 0.227 e. The Morgan fingerprint density at radius 1 is 0.442 bits per heavy atom. The molecule has 5 heteroatoms. The predicted octanol–water partition coefficient (Wildman–Crippen LogP) is 13.1. The van der Waals surface area contributed by atoms with Crippen molar-refractivity contribution in [2.75, 3.05) is 4.90 Å². The third-order valence-corrected chi connectivity index (χ3v) is 10.2. The van der Waals surface area contributed by atoms with Crippen LogP contribution in [0.4, 0.5) is 17.1 Å². The van der Waals surface area contributed by atoms with Gasteiger partial charge in [-0.15, -0.1) is 0 Å². The number of furan rings is 1. The SMILES string of the molecule is c1ccc(-n2c3ccccc3c3ccc(N(c4ccc(-c5nc6ccc7ccccc7c6o5)cc4)c4ccc5oc6ccccc6c5c4)cc32)cc1. The first kappa shape index (κ1) is 28.7. The summed E-state index contributed by atoms with van der Waals surface area (Å²) in [5.74, 6) is 0.601. The average molecular weight is 668 g/mol. The largest absolute Gasteiger partial charge is 0.456 e. The summed E-state index contributed by atoms with van der Waals surface area (Å²) in [5.41, 5.74) is 10.8. The number of anilines is 3. The van der Waals surface area contributed by atoms with Gasteiger partial charge in [-0.2, -0.15) is 0 Å². The lowest BCUT2D eigenvalue weighted by atomic mass is 10.1. The molecule has 0 saturated heterocycles. The summed E-state index contributed by atoms with van der Waals surface area (Å²) < 4.78 is 15.0. The van der Waals surface area contributed by atoms with E-state index in [1.165, 1.54) is 16.3 Å². The fraction of sp³-hybridized carbons (Fsp3) is 0. The number of para-hydroxylation sites is 3. The minimum atomic E-state index is 0.601. The fourth-order valence-electron chi connectivity index (χ4n) is 7.79. The minimum Gasteiger partial charge on any atom is -0.456 e. The van der Waals surface area contributed by atoms with E-state index in [2.05, 4.69) is 155 Å². The summed E-state index contributed by atoms with van der Waals surface area (Å²) in [5, 5.41) is 6.80. The van der Waals surface area contributed by atoms with E-state index in [1.807, 2.05) is 30.3 Å². The number of nitrogens with zero attached hydrogens (tertiary/aromatic N) is 3. The van der Waals surface area contributed by atoms with Crippen LogP contribution in [0.15, 0.2) is 185 Å². The summed E-state index contributed by atoms with van der Waals surface area (Å²) in [4.78, 5) is 7.20. The maximum absolute atomic E-state index is 6.41. The Morgan fingerprint density at radius 3 is 2.00 bits per heavy atom. The van der Waals surface area contributed by atoms with Crippen molar-refractivity contribution >= 4 is 82.7 Å². The fourth-order valence-corrected chi connectivity index (χ4v) is 7.79. The van der Waals surface area contributed by atoms with Gasteiger partial charge in [0.1, 0.15) is 16.7 Å². The Morgan fingerprint density at radius 2 is 1.12 bits per heavy atom. The van der Waals surface area contributed by atoms with Gasteiger partial charge < -0.3 is 18.3 Å². The van der Waals surface area contributed by atoms with Gasteiger partial charge in [0.2, 0.25) is 5.89 Å². The zero-order valence-electron chi connectivity index (χ0n) is 27.9. The van der Waals surface area contributed by atoms with Crippen LogP contribution < -0.4 is 4.90 Å².